The lowest BCUT2D eigenvalue weighted by atomic mass is 10.2. The maximum Gasteiger partial charge on any atom is 0.168 e. The molecule has 80 valence electrons. The maximum absolute atomic E-state index is 4.99. The third-order valence-corrected chi connectivity index (χ3v) is 3.00. The standard InChI is InChI=1S/C10H12BrN3S/c11-9-3-1-2-8(4-9)5-14-6-12-10(15)13-7-14/h1-4H,5-7H2,(H2,12,13,15). The summed E-state index contributed by atoms with van der Waals surface area (Å²) in [5.74, 6) is 0. The van der Waals surface area contributed by atoms with Crippen LogP contribution in [0.3, 0.4) is 0 Å². The molecule has 0 bridgehead atoms. The van der Waals surface area contributed by atoms with Gasteiger partial charge in [-0.2, -0.15) is 0 Å². The van der Waals surface area contributed by atoms with Crippen LogP contribution in [0.2, 0.25) is 0 Å². The van der Waals surface area contributed by atoms with E-state index in [1.165, 1.54) is 5.56 Å². The Bertz CT molecular complexity index is 359. The lowest BCUT2D eigenvalue weighted by Gasteiger charge is -2.29. The van der Waals surface area contributed by atoms with Crippen molar-refractivity contribution < 1.29 is 0 Å². The quantitative estimate of drug-likeness (QED) is 0.808. The Morgan fingerprint density at radius 3 is 2.73 bits per heavy atom. The molecule has 3 nitrogen and oxygen atoms in total. The first kappa shape index (κ1) is 10.9. The van der Waals surface area contributed by atoms with E-state index in [1.807, 2.05) is 6.07 Å². The molecule has 15 heavy (non-hydrogen) atoms. The molecule has 0 radical (unpaired) electrons. The predicted molar refractivity (Wildman–Crippen MR) is 68.3 cm³/mol. The molecular weight excluding hydrogens is 274 g/mol. The van der Waals surface area contributed by atoms with Crippen LogP contribution in [-0.4, -0.2) is 23.3 Å². The predicted octanol–water partition coefficient (Wildman–Crippen LogP) is 1.64. The zero-order chi connectivity index (χ0) is 10.7. The third kappa shape index (κ3) is 3.15. The third-order valence-electron chi connectivity index (χ3n) is 2.22. The molecule has 1 fully saturated rings. The molecule has 1 saturated heterocycles. The number of hydrogen-bond acceptors (Lipinski definition) is 2. The van der Waals surface area contributed by atoms with Crippen molar-refractivity contribution in [3.05, 3.63) is 34.3 Å². The topological polar surface area (TPSA) is 27.3 Å². The normalized spacial score (nSPS) is 17.0. The van der Waals surface area contributed by atoms with Crippen molar-refractivity contribution in [2.45, 2.75) is 6.54 Å². The van der Waals surface area contributed by atoms with Gasteiger partial charge in [-0.25, -0.2) is 0 Å². The van der Waals surface area contributed by atoms with Crippen molar-refractivity contribution in [3.63, 3.8) is 0 Å². The Labute approximate surface area is 103 Å². The van der Waals surface area contributed by atoms with Gasteiger partial charge in [0.2, 0.25) is 0 Å². The van der Waals surface area contributed by atoms with Crippen molar-refractivity contribution in [1.29, 1.82) is 0 Å². The summed E-state index contributed by atoms with van der Waals surface area (Å²) in [7, 11) is 0. The summed E-state index contributed by atoms with van der Waals surface area (Å²) in [6, 6.07) is 8.34. The second-order valence-electron chi connectivity index (χ2n) is 3.46. The summed E-state index contributed by atoms with van der Waals surface area (Å²) in [5, 5.41) is 6.94. The van der Waals surface area contributed by atoms with E-state index in [2.05, 4.69) is 49.7 Å². The molecule has 5 heteroatoms. The Hall–Kier alpha value is -0.650. The van der Waals surface area contributed by atoms with E-state index >= 15 is 0 Å². The molecule has 0 aromatic heterocycles. The first-order chi connectivity index (χ1) is 7.24. The van der Waals surface area contributed by atoms with Crippen LogP contribution < -0.4 is 10.6 Å². The second kappa shape index (κ2) is 4.92. The van der Waals surface area contributed by atoms with E-state index in [0.717, 1.165) is 29.5 Å². The summed E-state index contributed by atoms with van der Waals surface area (Å²) >= 11 is 8.45. The molecule has 1 aromatic rings. The number of nitrogens with zero attached hydrogens (tertiary/aromatic N) is 1. The molecule has 0 spiro atoms. The molecule has 2 N–H and O–H groups in total. The second-order valence-corrected chi connectivity index (χ2v) is 4.78. The SMILES string of the molecule is S=C1NCN(Cc2cccc(Br)c2)CN1. The minimum atomic E-state index is 0.737. The van der Waals surface area contributed by atoms with Crippen LogP contribution in [-0.2, 0) is 6.54 Å². The Kier molecular flexibility index (Phi) is 3.56. The van der Waals surface area contributed by atoms with Crippen molar-refractivity contribution in [1.82, 2.24) is 15.5 Å². The zero-order valence-electron chi connectivity index (χ0n) is 8.16. The van der Waals surface area contributed by atoms with Crippen molar-refractivity contribution in [2.24, 2.45) is 0 Å². The van der Waals surface area contributed by atoms with Crippen LogP contribution in [0.1, 0.15) is 5.56 Å². The van der Waals surface area contributed by atoms with Crippen LogP contribution in [0.4, 0.5) is 0 Å². The molecule has 0 unspecified atom stereocenters. The summed E-state index contributed by atoms with van der Waals surface area (Å²) in [5.41, 5.74) is 1.29. The summed E-state index contributed by atoms with van der Waals surface area (Å²) < 4.78 is 1.12. The average molecular weight is 286 g/mol. The molecule has 0 aliphatic carbocycles. The molecule has 1 aliphatic heterocycles. The zero-order valence-corrected chi connectivity index (χ0v) is 10.6. The van der Waals surface area contributed by atoms with Crippen LogP contribution in [0, 0.1) is 0 Å². The van der Waals surface area contributed by atoms with Crippen LogP contribution in [0.25, 0.3) is 0 Å². The fourth-order valence-electron chi connectivity index (χ4n) is 1.49. The first-order valence-electron chi connectivity index (χ1n) is 4.72. The molecule has 2 rings (SSSR count). The molecule has 1 aromatic carbocycles. The van der Waals surface area contributed by atoms with Gasteiger partial charge in [0.05, 0.1) is 13.3 Å². The van der Waals surface area contributed by atoms with Gasteiger partial charge in [0, 0.05) is 11.0 Å². The number of thiocarbonyl (C=S) groups is 1. The summed E-state index contributed by atoms with van der Waals surface area (Å²) in [4.78, 5) is 2.25. The highest BCUT2D eigenvalue weighted by Crippen LogP contribution is 2.13. The molecule has 0 atom stereocenters. The number of nitrogens with one attached hydrogen (secondary N) is 2. The Morgan fingerprint density at radius 1 is 1.33 bits per heavy atom. The molecule has 0 saturated carbocycles. The van der Waals surface area contributed by atoms with Crippen molar-refractivity contribution in [3.8, 4) is 0 Å². The van der Waals surface area contributed by atoms with Gasteiger partial charge in [-0.05, 0) is 29.9 Å². The van der Waals surface area contributed by atoms with Gasteiger partial charge in [0.25, 0.3) is 0 Å². The lowest BCUT2D eigenvalue weighted by Crippen LogP contribution is -2.53. The van der Waals surface area contributed by atoms with Gasteiger partial charge in [0.15, 0.2) is 5.11 Å². The highest BCUT2D eigenvalue weighted by Gasteiger charge is 2.11. The van der Waals surface area contributed by atoms with Gasteiger partial charge in [-0.15, -0.1) is 0 Å². The number of rotatable bonds is 2. The monoisotopic (exact) mass is 285 g/mol. The fourth-order valence-corrected chi connectivity index (χ4v) is 2.07. The highest BCUT2D eigenvalue weighted by molar-refractivity contribution is 9.10. The minimum absolute atomic E-state index is 0.737. The Morgan fingerprint density at radius 2 is 2.07 bits per heavy atom. The lowest BCUT2D eigenvalue weighted by molar-refractivity contribution is 0.236. The van der Waals surface area contributed by atoms with Crippen LogP contribution in [0.5, 0.6) is 0 Å². The van der Waals surface area contributed by atoms with Gasteiger partial charge < -0.3 is 10.6 Å². The minimum Gasteiger partial charge on any atom is -0.350 e. The molecule has 1 heterocycles. The maximum atomic E-state index is 4.99. The Balaban J connectivity index is 1.94. The van der Waals surface area contributed by atoms with Gasteiger partial charge in [0.1, 0.15) is 0 Å². The number of halogens is 1. The van der Waals surface area contributed by atoms with Gasteiger partial charge >= 0.3 is 0 Å². The van der Waals surface area contributed by atoms with E-state index in [1.54, 1.807) is 0 Å². The van der Waals surface area contributed by atoms with Crippen LogP contribution >= 0.6 is 28.1 Å². The van der Waals surface area contributed by atoms with Gasteiger partial charge in [-0.3, -0.25) is 4.90 Å². The molecular formula is C10H12BrN3S. The van der Waals surface area contributed by atoms with Crippen molar-refractivity contribution in [2.75, 3.05) is 13.3 Å². The number of benzene rings is 1. The van der Waals surface area contributed by atoms with Crippen LogP contribution in [0.15, 0.2) is 28.7 Å². The largest absolute Gasteiger partial charge is 0.350 e. The van der Waals surface area contributed by atoms with E-state index in [9.17, 15) is 0 Å². The van der Waals surface area contributed by atoms with E-state index < -0.39 is 0 Å². The molecule has 1 aliphatic rings. The average Bonchev–Trinajstić information content (AvgIpc) is 2.22. The molecule has 0 amide bonds. The summed E-state index contributed by atoms with van der Waals surface area (Å²) in [6.07, 6.45) is 0. The first-order valence-corrected chi connectivity index (χ1v) is 5.93. The van der Waals surface area contributed by atoms with Gasteiger partial charge in [-0.1, -0.05) is 28.1 Å². The smallest absolute Gasteiger partial charge is 0.168 e. The fraction of sp³-hybridized carbons (Fsp3) is 0.300. The van der Waals surface area contributed by atoms with E-state index in [0.29, 0.717) is 0 Å². The summed E-state index contributed by atoms with van der Waals surface area (Å²) in [6.45, 7) is 2.53. The highest BCUT2D eigenvalue weighted by atomic mass is 79.9. The van der Waals surface area contributed by atoms with Crippen molar-refractivity contribution >= 4 is 33.3 Å². The van der Waals surface area contributed by atoms with E-state index in [4.69, 9.17) is 12.2 Å². The van der Waals surface area contributed by atoms with E-state index in [-0.39, 0.29) is 0 Å². The number of hydrogen-bond donors (Lipinski definition) is 2.